The van der Waals surface area contributed by atoms with Crippen molar-refractivity contribution in [1.82, 2.24) is 0 Å². The van der Waals surface area contributed by atoms with E-state index in [4.69, 9.17) is 0 Å². The van der Waals surface area contributed by atoms with Gasteiger partial charge in [-0.3, -0.25) is 0 Å². The molecule has 1 heteroatoms. The van der Waals surface area contributed by atoms with Gasteiger partial charge in [-0.1, -0.05) is 49.7 Å². The fourth-order valence-electron chi connectivity index (χ4n) is 1.98. The molecular formula is C16H19N. The zero-order chi connectivity index (χ0) is 12.1. The van der Waals surface area contributed by atoms with Gasteiger partial charge < -0.3 is 5.32 Å². The van der Waals surface area contributed by atoms with Crippen molar-refractivity contribution < 1.29 is 0 Å². The van der Waals surface area contributed by atoms with Crippen LogP contribution >= 0.6 is 0 Å². The first kappa shape index (κ1) is 11.7. The minimum Gasteiger partial charge on any atom is -0.388 e. The quantitative estimate of drug-likeness (QED) is 0.815. The van der Waals surface area contributed by atoms with Crippen molar-refractivity contribution in [2.75, 3.05) is 12.4 Å². The minimum absolute atomic E-state index is 1.15. The number of hydrogen-bond donors (Lipinski definition) is 1. The molecule has 0 unspecified atom stereocenters. The summed E-state index contributed by atoms with van der Waals surface area (Å²) in [6.07, 6.45) is 2.37. The molecule has 0 amide bonds. The summed E-state index contributed by atoms with van der Waals surface area (Å²) in [6.45, 7) is 2.21. The van der Waals surface area contributed by atoms with Crippen LogP contribution in [0.15, 0.2) is 48.5 Å². The number of aryl methyl sites for hydroxylation is 1. The molecule has 0 aliphatic carbocycles. The molecular weight excluding hydrogens is 206 g/mol. The number of anilines is 1. The molecule has 1 N–H and O–H groups in total. The Morgan fingerprint density at radius 1 is 0.824 bits per heavy atom. The van der Waals surface area contributed by atoms with Gasteiger partial charge in [0.05, 0.1) is 0 Å². The Kier molecular flexibility index (Phi) is 3.81. The van der Waals surface area contributed by atoms with E-state index in [1.807, 2.05) is 7.05 Å². The Balaban J connectivity index is 2.20. The van der Waals surface area contributed by atoms with Gasteiger partial charge in [-0.05, 0) is 35.2 Å². The molecule has 0 radical (unpaired) electrons. The van der Waals surface area contributed by atoms with E-state index >= 15 is 0 Å². The summed E-state index contributed by atoms with van der Waals surface area (Å²) in [4.78, 5) is 0. The van der Waals surface area contributed by atoms with Gasteiger partial charge in [-0.25, -0.2) is 0 Å². The summed E-state index contributed by atoms with van der Waals surface area (Å²) < 4.78 is 0. The van der Waals surface area contributed by atoms with Gasteiger partial charge in [0.2, 0.25) is 0 Å². The third-order valence-corrected chi connectivity index (χ3v) is 3.00. The third kappa shape index (κ3) is 2.88. The van der Waals surface area contributed by atoms with Gasteiger partial charge in [0, 0.05) is 12.7 Å². The van der Waals surface area contributed by atoms with Crippen LogP contribution in [0.1, 0.15) is 18.9 Å². The van der Waals surface area contributed by atoms with E-state index in [1.54, 1.807) is 0 Å². The van der Waals surface area contributed by atoms with Crippen molar-refractivity contribution in [1.29, 1.82) is 0 Å². The van der Waals surface area contributed by atoms with Gasteiger partial charge in [0.1, 0.15) is 0 Å². The van der Waals surface area contributed by atoms with Crippen molar-refractivity contribution >= 4 is 5.69 Å². The van der Waals surface area contributed by atoms with E-state index in [9.17, 15) is 0 Å². The van der Waals surface area contributed by atoms with Crippen LogP contribution < -0.4 is 5.32 Å². The third-order valence-electron chi connectivity index (χ3n) is 3.00. The van der Waals surface area contributed by atoms with Crippen LogP contribution in [0.5, 0.6) is 0 Å². The standard InChI is InChI=1S/C16H19N/c1-3-4-13-5-7-14(8-6-13)15-9-11-16(17-2)12-10-15/h5-12,17H,3-4H2,1-2H3. The molecule has 0 aliphatic rings. The van der Waals surface area contributed by atoms with Crippen LogP contribution in [-0.2, 0) is 6.42 Å². The number of nitrogens with one attached hydrogen (secondary N) is 1. The van der Waals surface area contributed by atoms with Crippen LogP contribution in [0.3, 0.4) is 0 Å². The lowest BCUT2D eigenvalue weighted by Gasteiger charge is -2.05. The van der Waals surface area contributed by atoms with Crippen LogP contribution in [0.2, 0.25) is 0 Å². The van der Waals surface area contributed by atoms with E-state index in [0.717, 1.165) is 5.69 Å². The number of hydrogen-bond acceptors (Lipinski definition) is 1. The first-order valence-corrected chi connectivity index (χ1v) is 6.20. The zero-order valence-electron chi connectivity index (χ0n) is 10.5. The molecule has 17 heavy (non-hydrogen) atoms. The molecule has 0 aliphatic heterocycles. The maximum atomic E-state index is 3.13. The van der Waals surface area contributed by atoms with Crippen LogP contribution in [0.4, 0.5) is 5.69 Å². The lowest BCUT2D eigenvalue weighted by Crippen LogP contribution is -1.87. The van der Waals surface area contributed by atoms with Gasteiger partial charge in [-0.15, -0.1) is 0 Å². The minimum atomic E-state index is 1.15. The van der Waals surface area contributed by atoms with Crippen molar-refractivity contribution in [3.63, 3.8) is 0 Å². The average Bonchev–Trinajstić information content (AvgIpc) is 2.40. The second kappa shape index (κ2) is 5.53. The summed E-state index contributed by atoms with van der Waals surface area (Å²) in [7, 11) is 1.94. The van der Waals surface area contributed by atoms with Crippen LogP contribution in [0, 0.1) is 0 Å². The summed E-state index contributed by atoms with van der Waals surface area (Å²) in [5.41, 5.74) is 5.12. The van der Waals surface area contributed by atoms with Gasteiger partial charge in [0.25, 0.3) is 0 Å². The van der Waals surface area contributed by atoms with E-state index < -0.39 is 0 Å². The first-order valence-electron chi connectivity index (χ1n) is 6.20. The molecule has 0 fully saturated rings. The monoisotopic (exact) mass is 225 g/mol. The number of rotatable bonds is 4. The predicted octanol–water partition coefficient (Wildman–Crippen LogP) is 4.35. The smallest absolute Gasteiger partial charge is 0.0337 e. The molecule has 2 aromatic rings. The molecule has 1 nitrogen and oxygen atoms in total. The Bertz CT molecular complexity index is 454. The molecule has 0 aromatic heterocycles. The van der Waals surface area contributed by atoms with Crippen molar-refractivity contribution in [2.24, 2.45) is 0 Å². The second-order valence-corrected chi connectivity index (χ2v) is 4.27. The van der Waals surface area contributed by atoms with Gasteiger partial charge >= 0.3 is 0 Å². The predicted molar refractivity (Wildman–Crippen MR) is 75.4 cm³/mol. The first-order chi connectivity index (χ1) is 8.33. The summed E-state index contributed by atoms with van der Waals surface area (Å²) in [5, 5.41) is 3.13. The Labute approximate surface area is 103 Å². The highest BCUT2D eigenvalue weighted by atomic mass is 14.8. The average molecular weight is 225 g/mol. The fourth-order valence-corrected chi connectivity index (χ4v) is 1.98. The van der Waals surface area contributed by atoms with Crippen molar-refractivity contribution in [2.45, 2.75) is 19.8 Å². The topological polar surface area (TPSA) is 12.0 Å². The summed E-state index contributed by atoms with van der Waals surface area (Å²) in [5.74, 6) is 0. The maximum absolute atomic E-state index is 3.13. The van der Waals surface area contributed by atoms with Gasteiger partial charge in [0.15, 0.2) is 0 Å². The van der Waals surface area contributed by atoms with E-state index in [0.29, 0.717) is 0 Å². The Hall–Kier alpha value is -1.76. The Morgan fingerprint density at radius 2 is 1.35 bits per heavy atom. The lowest BCUT2D eigenvalue weighted by molar-refractivity contribution is 0.922. The molecule has 2 aromatic carbocycles. The highest BCUT2D eigenvalue weighted by Crippen LogP contribution is 2.22. The van der Waals surface area contributed by atoms with E-state index in [-0.39, 0.29) is 0 Å². The molecule has 0 atom stereocenters. The van der Waals surface area contributed by atoms with E-state index in [1.165, 1.54) is 29.5 Å². The molecule has 0 bridgehead atoms. The zero-order valence-corrected chi connectivity index (χ0v) is 10.5. The maximum Gasteiger partial charge on any atom is 0.0337 e. The van der Waals surface area contributed by atoms with E-state index in [2.05, 4.69) is 60.8 Å². The van der Waals surface area contributed by atoms with Crippen molar-refractivity contribution in [3.05, 3.63) is 54.1 Å². The molecule has 88 valence electrons. The molecule has 0 spiro atoms. The number of benzene rings is 2. The second-order valence-electron chi connectivity index (χ2n) is 4.27. The Morgan fingerprint density at radius 3 is 1.82 bits per heavy atom. The normalized spacial score (nSPS) is 10.2. The van der Waals surface area contributed by atoms with Crippen LogP contribution in [0.25, 0.3) is 11.1 Å². The SMILES string of the molecule is CCCc1ccc(-c2ccc(NC)cc2)cc1. The fraction of sp³-hybridized carbons (Fsp3) is 0.250. The largest absolute Gasteiger partial charge is 0.388 e. The van der Waals surface area contributed by atoms with Crippen LogP contribution in [-0.4, -0.2) is 7.05 Å². The highest BCUT2D eigenvalue weighted by molar-refractivity contribution is 5.66. The summed E-state index contributed by atoms with van der Waals surface area (Å²) >= 11 is 0. The van der Waals surface area contributed by atoms with Gasteiger partial charge in [-0.2, -0.15) is 0 Å². The molecule has 0 saturated carbocycles. The molecule has 0 saturated heterocycles. The van der Waals surface area contributed by atoms with Crippen molar-refractivity contribution in [3.8, 4) is 11.1 Å². The lowest BCUT2D eigenvalue weighted by atomic mass is 10.0. The molecule has 0 heterocycles. The summed E-state index contributed by atoms with van der Waals surface area (Å²) in [6, 6.07) is 17.4. The highest BCUT2D eigenvalue weighted by Gasteiger charge is 1.98. The molecule has 2 rings (SSSR count).